The maximum Gasteiger partial charge on any atom is 0.421 e. The highest BCUT2D eigenvalue weighted by Crippen LogP contribution is 2.29. The van der Waals surface area contributed by atoms with Crippen molar-refractivity contribution in [3.63, 3.8) is 0 Å². The summed E-state index contributed by atoms with van der Waals surface area (Å²) in [7, 11) is 0. The van der Waals surface area contributed by atoms with Crippen molar-refractivity contribution in [1.82, 2.24) is 4.98 Å². The second-order valence-corrected chi connectivity index (χ2v) is 3.44. The Hall–Kier alpha value is -0.920. The number of hydrogen-bond donors (Lipinski definition) is 1. The molecule has 2 nitrogen and oxygen atoms in total. The number of halogens is 6. The van der Waals surface area contributed by atoms with Gasteiger partial charge in [0.2, 0.25) is 0 Å². The lowest BCUT2D eigenvalue weighted by atomic mass is 10.1. The topological polar surface area (TPSA) is 32.9 Å². The quantitative estimate of drug-likeness (QED) is 0.660. The minimum absolute atomic E-state index is 0.202. The van der Waals surface area contributed by atoms with Crippen LogP contribution >= 0.6 is 15.9 Å². The van der Waals surface area contributed by atoms with Crippen LogP contribution < -0.4 is 5.56 Å². The summed E-state index contributed by atoms with van der Waals surface area (Å²) in [5.74, 6) is 0. The lowest BCUT2D eigenvalue weighted by molar-refractivity contribution is -0.138. The molecule has 0 aromatic carbocycles. The van der Waals surface area contributed by atoms with E-state index in [2.05, 4.69) is 15.9 Å². The molecule has 1 rings (SSSR count). The molecule has 90 valence electrons. The van der Waals surface area contributed by atoms with Gasteiger partial charge in [0.1, 0.15) is 5.56 Å². The van der Waals surface area contributed by atoms with Gasteiger partial charge in [-0.2, -0.15) is 13.2 Å². The summed E-state index contributed by atoms with van der Waals surface area (Å²) in [5.41, 5.74) is -4.13. The predicted octanol–water partition coefficient (Wildman–Crippen LogP) is 3.23. The number of H-pyrrole nitrogens is 1. The lowest BCUT2D eigenvalue weighted by Crippen LogP contribution is -2.23. The van der Waals surface area contributed by atoms with Crippen LogP contribution in [-0.4, -0.2) is 4.98 Å². The minimum atomic E-state index is -4.86. The van der Waals surface area contributed by atoms with Crippen molar-refractivity contribution in [2.24, 2.45) is 0 Å². The van der Waals surface area contributed by atoms with E-state index in [0.717, 1.165) is 0 Å². The lowest BCUT2D eigenvalue weighted by Gasteiger charge is -2.10. The summed E-state index contributed by atoms with van der Waals surface area (Å²) in [5, 5.41) is -0.202. The molecule has 0 atom stereocenters. The van der Waals surface area contributed by atoms with Gasteiger partial charge < -0.3 is 4.98 Å². The highest BCUT2D eigenvalue weighted by Gasteiger charge is 2.35. The third-order valence-corrected chi connectivity index (χ3v) is 2.43. The van der Waals surface area contributed by atoms with Gasteiger partial charge in [-0.3, -0.25) is 4.79 Å². The van der Waals surface area contributed by atoms with Crippen LogP contribution in [0.2, 0.25) is 0 Å². The van der Waals surface area contributed by atoms with Gasteiger partial charge in [-0.25, -0.2) is 8.78 Å². The minimum Gasteiger partial charge on any atom is -0.320 e. The number of nitrogens with one attached hydrogen (secondary N) is 1. The van der Waals surface area contributed by atoms with Crippen molar-refractivity contribution in [2.75, 3.05) is 0 Å². The average molecular weight is 306 g/mol. The molecule has 16 heavy (non-hydrogen) atoms. The van der Waals surface area contributed by atoms with E-state index in [1.54, 1.807) is 4.98 Å². The molecule has 0 aliphatic carbocycles. The van der Waals surface area contributed by atoms with Crippen LogP contribution in [0.5, 0.6) is 0 Å². The SMILES string of the molecule is O=c1[nH]c(C(F)F)c(CBr)cc1C(F)(F)F. The second kappa shape index (κ2) is 4.52. The van der Waals surface area contributed by atoms with E-state index in [1.807, 2.05) is 0 Å². The third-order valence-electron chi connectivity index (χ3n) is 1.82. The van der Waals surface area contributed by atoms with Gasteiger partial charge in [0.05, 0.1) is 5.69 Å². The fraction of sp³-hybridized carbons (Fsp3) is 0.375. The van der Waals surface area contributed by atoms with Crippen molar-refractivity contribution in [1.29, 1.82) is 0 Å². The molecule has 0 fully saturated rings. The monoisotopic (exact) mass is 305 g/mol. The van der Waals surface area contributed by atoms with Crippen LogP contribution in [0.25, 0.3) is 0 Å². The highest BCUT2D eigenvalue weighted by atomic mass is 79.9. The van der Waals surface area contributed by atoms with Gasteiger partial charge in [0.25, 0.3) is 12.0 Å². The summed E-state index contributed by atoms with van der Waals surface area (Å²) >= 11 is 2.78. The Morgan fingerprint density at radius 3 is 2.31 bits per heavy atom. The van der Waals surface area contributed by atoms with E-state index in [0.29, 0.717) is 6.07 Å². The van der Waals surface area contributed by atoms with Gasteiger partial charge in [-0.1, -0.05) is 15.9 Å². The molecule has 0 aliphatic heterocycles. The van der Waals surface area contributed by atoms with Crippen molar-refractivity contribution >= 4 is 15.9 Å². The average Bonchev–Trinajstić information content (AvgIpc) is 2.15. The molecular weight excluding hydrogens is 301 g/mol. The van der Waals surface area contributed by atoms with Crippen molar-refractivity contribution in [3.8, 4) is 0 Å². The Labute approximate surface area is 94.6 Å². The second-order valence-electron chi connectivity index (χ2n) is 2.88. The predicted molar refractivity (Wildman–Crippen MR) is 49.7 cm³/mol. The number of alkyl halides is 6. The van der Waals surface area contributed by atoms with Crippen molar-refractivity contribution in [3.05, 3.63) is 33.2 Å². The number of aromatic nitrogens is 1. The summed E-state index contributed by atoms with van der Waals surface area (Å²) in [6.07, 6.45) is -7.88. The van der Waals surface area contributed by atoms with Crippen LogP contribution in [-0.2, 0) is 11.5 Å². The van der Waals surface area contributed by atoms with E-state index < -0.39 is 29.4 Å². The molecular formula is C8H5BrF5NO. The summed E-state index contributed by atoms with van der Waals surface area (Å²) < 4.78 is 61.5. The van der Waals surface area contributed by atoms with Crippen LogP contribution in [0, 0.1) is 0 Å². The summed E-state index contributed by atoms with van der Waals surface area (Å²) in [6.45, 7) is 0. The van der Waals surface area contributed by atoms with E-state index >= 15 is 0 Å². The number of hydrogen-bond acceptors (Lipinski definition) is 1. The van der Waals surface area contributed by atoms with Crippen LogP contribution in [0.15, 0.2) is 10.9 Å². The van der Waals surface area contributed by atoms with Gasteiger partial charge >= 0.3 is 6.18 Å². The fourth-order valence-corrected chi connectivity index (χ4v) is 1.57. The Morgan fingerprint density at radius 1 is 1.38 bits per heavy atom. The molecule has 1 heterocycles. The van der Waals surface area contributed by atoms with E-state index in [-0.39, 0.29) is 10.9 Å². The molecule has 1 aromatic heterocycles. The van der Waals surface area contributed by atoms with Gasteiger partial charge in [0.15, 0.2) is 0 Å². The van der Waals surface area contributed by atoms with Crippen LogP contribution in [0.3, 0.4) is 0 Å². The molecule has 0 unspecified atom stereocenters. The Bertz CT molecular complexity index is 439. The molecule has 8 heteroatoms. The first-order valence-corrected chi connectivity index (χ1v) is 5.07. The number of rotatable bonds is 2. The molecule has 0 spiro atoms. The maximum absolute atomic E-state index is 12.4. The Kier molecular flexibility index (Phi) is 3.72. The zero-order valence-electron chi connectivity index (χ0n) is 7.54. The largest absolute Gasteiger partial charge is 0.421 e. The normalized spacial score (nSPS) is 12.2. The van der Waals surface area contributed by atoms with E-state index in [4.69, 9.17) is 0 Å². The zero-order chi connectivity index (χ0) is 12.5. The van der Waals surface area contributed by atoms with Crippen molar-refractivity contribution < 1.29 is 22.0 Å². The van der Waals surface area contributed by atoms with Crippen LogP contribution in [0.4, 0.5) is 22.0 Å². The maximum atomic E-state index is 12.4. The first-order valence-electron chi connectivity index (χ1n) is 3.94. The van der Waals surface area contributed by atoms with Crippen LogP contribution in [0.1, 0.15) is 23.2 Å². The molecule has 0 saturated carbocycles. The Morgan fingerprint density at radius 2 is 1.94 bits per heavy atom. The van der Waals surface area contributed by atoms with Gasteiger partial charge in [-0.15, -0.1) is 0 Å². The fourth-order valence-electron chi connectivity index (χ4n) is 1.10. The third kappa shape index (κ3) is 2.60. The standard InChI is InChI=1S/C8H5BrF5NO/c9-2-3-1-4(8(12,13)14)7(16)15-5(3)6(10)11/h1,6H,2H2,(H,15,16). The zero-order valence-corrected chi connectivity index (χ0v) is 9.12. The van der Waals surface area contributed by atoms with Crippen molar-refractivity contribution in [2.45, 2.75) is 17.9 Å². The first kappa shape index (κ1) is 13.1. The van der Waals surface area contributed by atoms with Gasteiger partial charge in [-0.05, 0) is 11.6 Å². The van der Waals surface area contributed by atoms with E-state index in [1.165, 1.54) is 0 Å². The molecule has 0 saturated heterocycles. The summed E-state index contributed by atoms with van der Waals surface area (Å²) in [6, 6.07) is 0.426. The summed E-state index contributed by atoms with van der Waals surface area (Å²) in [4.78, 5) is 12.5. The number of aromatic amines is 1. The molecule has 0 aliphatic rings. The van der Waals surface area contributed by atoms with Gasteiger partial charge in [0, 0.05) is 5.33 Å². The molecule has 1 aromatic rings. The molecule has 0 amide bonds. The first-order chi connectivity index (χ1) is 7.27. The number of pyridine rings is 1. The smallest absolute Gasteiger partial charge is 0.320 e. The highest BCUT2D eigenvalue weighted by molar-refractivity contribution is 9.08. The molecule has 0 radical (unpaired) electrons. The van der Waals surface area contributed by atoms with E-state index in [9.17, 15) is 26.7 Å². The Balaban J connectivity index is 3.44. The molecule has 0 bridgehead atoms. The molecule has 1 N–H and O–H groups in total.